The molecule has 1 aliphatic rings. The molecule has 4 nitrogen and oxygen atoms in total. The van der Waals surface area contributed by atoms with Crippen LogP contribution in [0, 0.1) is 5.92 Å². The number of carbonyl (C=O) groups is 2. The highest BCUT2D eigenvalue weighted by molar-refractivity contribution is 9.10. The number of hydrogen-bond donors (Lipinski definition) is 1. The first-order chi connectivity index (χ1) is 10.6. The van der Waals surface area contributed by atoms with Crippen LogP contribution in [0.15, 0.2) is 28.7 Å². The lowest BCUT2D eigenvalue weighted by Crippen LogP contribution is -2.21. The quantitative estimate of drug-likeness (QED) is 0.762. The van der Waals surface area contributed by atoms with E-state index in [9.17, 15) is 9.59 Å². The summed E-state index contributed by atoms with van der Waals surface area (Å²) < 4.78 is 5.97. The number of nitrogens with one attached hydrogen (secondary N) is 1. The van der Waals surface area contributed by atoms with E-state index in [-0.39, 0.29) is 18.5 Å². The van der Waals surface area contributed by atoms with Crippen molar-refractivity contribution in [1.82, 2.24) is 0 Å². The molecule has 120 valence electrons. The van der Waals surface area contributed by atoms with Gasteiger partial charge in [-0.25, -0.2) is 0 Å². The average molecular weight is 368 g/mol. The third kappa shape index (κ3) is 6.18. The van der Waals surface area contributed by atoms with E-state index in [1.807, 2.05) is 12.1 Å². The monoisotopic (exact) mass is 367 g/mol. The Morgan fingerprint density at radius 3 is 2.50 bits per heavy atom. The van der Waals surface area contributed by atoms with Crippen LogP contribution in [-0.4, -0.2) is 18.5 Å². The number of esters is 1. The first-order valence-corrected chi connectivity index (χ1v) is 8.64. The number of halogens is 1. The molecular formula is C17H22BrNO3. The van der Waals surface area contributed by atoms with Crippen LogP contribution in [0.3, 0.4) is 0 Å². The fourth-order valence-corrected chi connectivity index (χ4v) is 3.01. The van der Waals surface area contributed by atoms with Crippen molar-refractivity contribution >= 4 is 33.5 Å². The molecule has 1 N–H and O–H groups in total. The lowest BCUT2D eigenvalue weighted by molar-refractivity contribution is -0.147. The molecule has 1 aromatic carbocycles. The van der Waals surface area contributed by atoms with Crippen LogP contribution in [0.5, 0.6) is 0 Å². The molecule has 0 saturated heterocycles. The minimum Gasteiger partial charge on any atom is -0.456 e. The van der Waals surface area contributed by atoms with E-state index in [2.05, 4.69) is 21.2 Å². The lowest BCUT2D eigenvalue weighted by Gasteiger charge is -2.20. The van der Waals surface area contributed by atoms with Crippen LogP contribution >= 0.6 is 15.9 Å². The molecule has 1 aliphatic carbocycles. The van der Waals surface area contributed by atoms with E-state index in [0.717, 1.165) is 10.9 Å². The number of benzene rings is 1. The Balaban J connectivity index is 1.62. The van der Waals surface area contributed by atoms with Crippen molar-refractivity contribution in [2.75, 3.05) is 11.9 Å². The maximum atomic E-state index is 11.7. The molecule has 0 spiro atoms. The van der Waals surface area contributed by atoms with Crippen LogP contribution < -0.4 is 5.32 Å². The van der Waals surface area contributed by atoms with Gasteiger partial charge in [0.05, 0.1) is 0 Å². The largest absolute Gasteiger partial charge is 0.456 e. The number of rotatable bonds is 6. The highest BCUT2D eigenvalue weighted by Gasteiger charge is 2.16. The zero-order valence-electron chi connectivity index (χ0n) is 12.6. The average Bonchev–Trinajstić information content (AvgIpc) is 2.54. The van der Waals surface area contributed by atoms with Crippen molar-refractivity contribution in [3.8, 4) is 0 Å². The predicted molar refractivity (Wildman–Crippen MR) is 89.5 cm³/mol. The number of amides is 1. The van der Waals surface area contributed by atoms with E-state index in [1.165, 1.54) is 32.1 Å². The molecular weight excluding hydrogens is 346 g/mol. The third-order valence-electron chi connectivity index (χ3n) is 3.97. The van der Waals surface area contributed by atoms with Crippen LogP contribution in [0.25, 0.3) is 0 Å². The number of ether oxygens (including phenoxy) is 1. The van der Waals surface area contributed by atoms with Crippen molar-refractivity contribution in [3.05, 3.63) is 28.7 Å². The number of anilines is 1. The Morgan fingerprint density at radius 2 is 1.82 bits per heavy atom. The Hall–Kier alpha value is -1.36. The van der Waals surface area contributed by atoms with Crippen molar-refractivity contribution in [3.63, 3.8) is 0 Å². The van der Waals surface area contributed by atoms with Gasteiger partial charge in [-0.15, -0.1) is 0 Å². The summed E-state index contributed by atoms with van der Waals surface area (Å²) in [7, 11) is 0. The van der Waals surface area contributed by atoms with Crippen molar-refractivity contribution < 1.29 is 14.3 Å². The molecule has 2 rings (SSSR count). The topological polar surface area (TPSA) is 55.4 Å². The zero-order valence-corrected chi connectivity index (χ0v) is 14.2. The minimum atomic E-state index is -0.312. The predicted octanol–water partition coefficient (Wildman–Crippen LogP) is 4.29. The van der Waals surface area contributed by atoms with Crippen LogP contribution in [-0.2, 0) is 14.3 Å². The van der Waals surface area contributed by atoms with Crippen LogP contribution in [0.4, 0.5) is 5.69 Å². The molecule has 0 radical (unpaired) electrons. The first kappa shape index (κ1) is 17.0. The number of hydrogen-bond acceptors (Lipinski definition) is 3. The Labute approximate surface area is 139 Å². The number of carbonyl (C=O) groups excluding carboxylic acids is 2. The van der Waals surface area contributed by atoms with Gasteiger partial charge in [0.25, 0.3) is 5.91 Å². The molecule has 0 heterocycles. The van der Waals surface area contributed by atoms with Crippen molar-refractivity contribution in [2.45, 2.75) is 44.9 Å². The summed E-state index contributed by atoms with van der Waals surface area (Å²) in [5, 5.41) is 2.69. The first-order valence-electron chi connectivity index (χ1n) is 7.84. The summed E-state index contributed by atoms with van der Waals surface area (Å²) in [4.78, 5) is 23.4. The summed E-state index contributed by atoms with van der Waals surface area (Å²) in [5.74, 6) is 0.0581. The van der Waals surface area contributed by atoms with Gasteiger partial charge in [0, 0.05) is 16.6 Å². The molecule has 22 heavy (non-hydrogen) atoms. The second-order valence-corrected chi connectivity index (χ2v) is 6.67. The smallest absolute Gasteiger partial charge is 0.306 e. The summed E-state index contributed by atoms with van der Waals surface area (Å²) in [6.45, 7) is -0.223. The van der Waals surface area contributed by atoms with Gasteiger partial charge in [-0.3, -0.25) is 9.59 Å². The fraction of sp³-hybridized carbons (Fsp3) is 0.529. The lowest BCUT2D eigenvalue weighted by atomic mass is 9.86. The van der Waals surface area contributed by atoms with Gasteiger partial charge >= 0.3 is 5.97 Å². The SMILES string of the molecule is O=C(COC(=O)CCC1CCCCC1)Nc1ccc(Br)cc1. The molecule has 0 atom stereocenters. The highest BCUT2D eigenvalue weighted by atomic mass is 79.9. The van der Waals surface area contributed by atoms with Gasteiger partial charge in [-0.1, -0.05) is 48.0 Å². The normalized spacial score (nSPS) is 15.3. The van der Waals surface area contributed by atoms with Gasteiger partial charge in [0.1, 0.15) is 0 Å². The van der Waals surface area contributed by atoms with E-state index >= 15 is 0 Å². The van der Waals surface area contributed by atoms with Crippen molar-refractivity contribution in [2.24, 2.45) is 5.92 Å². The van der Waals surface area contributed by atoms with E-state index in [4.69, 9.17) is 4.74 Å². The standard InChI is InChI=1S/C17H22BrNO3/c18-14-7-9-15(10-8-14)19-16(20)12-22-17(21)11-6-13-4-2-1-3-5-13/h7-10,13H,1-6,11-12H2,(H,19,20). The van der Waals surface area contributed by atoms with Crippen LogP contribution in [0.2, 0.25) is 0 Å². The molecule has 0 bridgehead atoms. The fourth-order valence-electron chi connectivity index (χ4n) is 2.75. The Morgan fingerprint density at radius 1 is 1.14 bits per heavy atom. The molecule has 1 fully saturated rings. The molecule has 1 aromatic rings. The maximum absolute atomic E-state index is 11.7. The molecule has 0 unspecified atom stereocenters. The molecule has 1 amide bonds. The van der Waals surface area contributed by atoms with Gasteiger partial charge < -0.3 is 10.1 Å². The molecule has 1 saturated carbocycles. The van der Waals surface area contributed by atoms with E-state index in [0.29, 0.717) is 18.0 Å². The summed E-state index contributed by atoms with van der Waals surface area (Å²) >= 11 is 3.33. The summed E-state index contributed by atoms with van der Waals surface area (Å²) in [5.41, 5.74) is 0.687. The second-order valence-electron chi connectivity index (χ2n) is 5.76. The zero-order chi connectivity index (χ0) is 15.8. The van der Waals surface area contributed by atoms with E-state index in [1.54, 1.807) is 12.1 Å². The van der Waals surface area contributed by atoms with Gasteiger partial charge in [-0.05, 0) is 36.6 Å². The molecule has 0 aromatic heterocycles. The van der Waals surface area contributed by atoms with Gasteiger partial charge in [0.15, 0.2) is 6.61 Å². The summed E-state index contributed by atoms with van der Waals surface area (Å²) in [6, 6.07) is 7.25. The van der Waals surface area contributed by atoms with Crippen LogP contribution in [0.1, 0.15) is 44.9 Å². The van der Waals surface area contributed by atoms with Crippen molar-refractivity contribution in [1.29, 1.82) is 0 Å². The minimum absolute atomic E-state index is 0.223. The second kappa shape index (κ2) is 8.93. The van der Waals surface area contributed by atoms with Gasteiger partial charge in [-0.2, -0.15) is 0 Å². The summed E-state index contributed by atoms with van der Waals surface area (Å²) in [6.07, 6.45) is 7.60. The molecule has 0 aliphatic heterocycles. The van der Waals surface area contributed by atoms with Gasteiger partial charge in [0.2, 0.25) is 0 Å². The Kier molecular flexibility index (Phi) is 6.90. The van der Waals surface area contributed by atoms with E-state index < -0.39 is 0 Å². The Bertz CT molecular complexity index is 495. The maximum Gasteiger partial charge on any atom is 0.306 e. The molecule has 5 heteroatoms. The third-order valence-corrected chi connectivity index (χ3v) is 4.50. The highest BCUT2D eigenvalue weighted by Crippen LogP contribution is 2.27.